The van der Waals surface area contributed by atoms with Crippen molar-refractivity contribution in [3.63, 3.8) is 0 Å². The molecule has 4 N–H and O–H groups in total. The maximum atomic E-state index is 13.5. The van der Waals surface area contributed by atoms with Crippen molar-refractivity contribution in [1.82, 2.24) is 15.0 Å². The largest absolute Gasteiger partial charge is 0.508 e. The molecule has 4 aromatic rings. The third kappa shape index (κ3) is 5.74. The van der Waals surface area contributed by atoms with Crippen molar-refractivity contribution < 1.29 is 36.2 Å². The smallest absolute Gasteiger partial charge is 0.433 e. The average molecular weight is 507 g/mol. The first kappa shape index (κ1) is 24.6. The summed E-state index contributed by atoms with van der Waals surface area (Å²) >= 11 is 0. The number of nitrogens with two attached hydrogens (primary N) is 1. The van der Waals surface area contributed by atoms with Crippen molar-refractivity contribution in [2.75, 3.05) is 11.1 Å². The average Bonchev–Trinajstić information content (AvgIpc) is 2.79. The number of anilines is 3. The molecule has 0 aliphatic rings. The molecule has 2 aromatic heterocycles. The molecule has 36 heavy (non-hydrogen) atoms. The summed E-state index contributed by atoms with van der Waals surface area (Å²) in [6, 6.07) is 12.0. The van der Waals surface area contributed by atoms with E-state index in [4.69, 9.17) is 10.5 Å². The van der Waals surface area contributed by atoms with E-state index in [1.165, 1.54) is 36.4 Å². The number of pyridine rings is 1. The molecule has 0 saturated heterocycles. The summed E-state index contributed by atoms with van der Waals surface area (Å²) in [6.45, 7) is 0. The summed E-state index contributed by atoms with van der Waals surface area (Å²) in [6.07, 6.45) is -8.40. The van der Waals surface area contributed by atoms with Crippen LogP contribution in [0, 0.1) is 0 Å². The van der Waals surface area contributed by atoms with E-state index >= 15 is 0 Å². The molecule has 0 fully saturated rings. The molecule has 0 bridgehead atoms. The van der Waals surface area contributed by atoms with E-state index in [-0.39, 0.29) is 34.5 Å². The maximum absolute atomic E-state index is 13.5. The first-order chi connectivity index (χ1) is 16.9. The Morgan fingerprint density at radius 2 is 1.53 bits per heavy atom. The molecule has 0 spiro atoms. The second-order valence-corrected chi connectivity index (χ2v) is 7.35. The van der Waals surface area contributed by atoms with Crippen LogP contribution in [-0.2, 0) is 12.4 Å². The molecule has 7 nitrogen and oxygen atoms in total. The Labute approximate surface area is 199 Å². The second-order valence-electron chi connectivity index (χ2n) is 7.35. The predicted octanol–water partition coefficient (Wildman–Crippen LogP) is 6.40. The van der Waals surface area contributed by atoms with Crippen LogP contribution in [-0.4, -0.2) is 20.1 Å². The van der Waals surface area contributed by atoms with Gasteiger partial charge in [0.2, 0.25) is 5.95 Å². The van der Waals surface area contributed by atoms with Gasteiger partial charge < -0.3 is 20.9 Å². The lowest BCUT2D eigenvalue weighted by atomic mass is 10.0. The first-order valence-electron chi connectivity index (χ1n) is 10.0. The minimum atomic E-state index is -4.76. The maximum Gasteiger partial charge on any atom is 0.433 e. The van der Waals surface area contributed by atoms with E-state index in [1.54, 1.807) is 0 Å². The van der Waals surface area contributed by atoms with E-state index in [2.05, 4.69) is 20.3 Å². The molecule has 0 aliphatic carbocycles. The Hall–Kier alpha value is -4.55. The van der Waals surface area contributed by atoms with Gasteiger partial charge in [-0.25, -0.2) is 4.98 Å². The molecule has 0 unspecified atom stereocenters. The number of ether oxygens (including phenoxy) is 1. The highest BCUT2D eigenvalue weighted by atomic mass is 19.4. The van der Waals surface area contributed by atoms with E-state index in [1.807, 2.05) is 0 Å². The summed E-state index contributed by atoms with van der Waals surface area (Å²) in [4.78, 5) is 11.1. The highest BCUT2D eigenvalue weighted by Crippen LogP contribution is 2.39. The van der Waals surface area contributed by atoms with Crippen LogP contribution < -0.4 is 15.8 Å². The van der Waals surface area contributed by atoms with Crippen LogP contribution in [0.1, 0.15) is 11.3 Å². The molecule has 186 valence electrons. The van der Waals surface area contributed by atoms with Crippen molar-refractivity contribution in [1.29, 1.82) is 0 Å². The molecule has 0 aliphatic heterocycles. The monoisotopic (exact) mass is 507 g/mol. The number of aromatic nitrogens is 3. The number of hydrogen-bond acceptors (Lipinski definition) is 7. The number of hydrogen-bond donors (Lipinski definition) is 3. The molecular weight excluding hydrogens is 492 g/mol. The van der Waals surface area contributed by atoms with Gasteiger partial charge in [-0.3, -0.25) is 4.98 Å². The number of alkyl halides is 6. The van der Waals surface area contributed by atoms with Crippen LogP contribution >= 0.6 is 0 Å². The minimum Gasteiger partial charge on any atom is -0.508 e. The van der Waals surface area contributed by atoms with Crippen molar-refractivity contribution in [3.05, 3.63) is 78.1 Å². The van der Waals surface area contributed by atoms with E-state index < -0.39 is 29.4 Å². The Bertz CT molecular complexity index is 1390. The topological polar surface area (TPSA) is 106 Å². The van der Waals surface area contributed by atoms with E-state index in [0.717, 1.165) is 24.4 Å². The van der Waals surface area contributed by atoms with Gasteiger partial charge in [0, 0.05) is 29.6 Å². The third-order valence-electron chi connectivity index (χ3n) is 4.71. The van der Waals surface area contributed by atoms with Gasteiger partial charge in [-0.05, 0) is 48.5 Å². The Kier molecular flexibility index (Phi) is 6.31. The quantitative estimate of drug-likeness (QED) is 0.269. The Morgan fingerprint density at radius 3 is 2.19 bits per heavy atom. The fourth-order valence-corrected chi connectivity index (χ4v) is 3.18. The van der Waals surface area contributed by atoms with E-state index in [0.29, 0.717) is 11.8 Å². The van der Waals surface area contributed by atoms with Gasteiger partial charge in [-0.15, -0.1) is 0 Å². The number of benzene rings is 2. The number of rotatable bonds is 5. The van der Waals surface area contributed by atoms with Crippen LogP contribution in [0.2, 0.25) is 0 Å². The number of phenols is 1. The normalized spacial score (nSPS) is 11.8. The first-order valence-corrected chi connectivity index (χ1v) is 10.0. The molecular formula is C23H15F6N5O2. The molecule has 0 atom stereocenters. The summed E-state index contributed by atoms with van der Waals surface area (Å²) in [7, 11) is 0. The van der Waals surface area contributed by atoms with Crippen molar-refractivity contribution in [2.45, 2.75) is 12.4 Å². The SMILES string of the molecule is Nc1nc(Nc2ccc(Oc3ccnc(C(F)(F)F)c3)cc2)cc(-c2ccc(O)cc2C(F)(F)F)n1. The summed E-state index contributed by atoms with van der Waals surface area (Å²) in [5.41, 5.74) is 3.49. The van der Waals surface area contributed by atoms with Gasteiger partial charge in [-0.2, -0.15) is 31.3 Å². The standard InChI is InChI=1S/C23H15F6N5O2/c24-22(25,26)17-9-13(35)3-6-16(17)18-11-20(34-21(30)33-18)32-12-1-4-14(5-2-12)36-15-7-8-31-19(10-15)23(27,28)29/h1-11,35H,(H3,30,32,33,34). The van der Waals surface area contributed by atoms with Crippen molar-refractivity contribution >= 4 is 17.5 Å². The number of nitrogen functional groups attached to an aromatic ring is 1. The zero-order chi connectivity index (χ0) is 26.1. The number of phenolic OH excluding ortho intramolecular Hbond substituents is 1. The summed E-state index contributed by atoms with van der Waals surface area (Å²) in [5.74, 6) is -0.622. The van der Waals surface area contributed by atoms with Gasteiger partial charge in [0.1, 0.15) is 28.8 Å². The second kappa shape index (κ2) is 9.24. The molecule has 4 rings (SSSR count). The number of halogens is 6. The third-order valence-corrected chi connectivity index (χ3v) is 4.71. The predicted molar refractivity (Wildman–Crippen MR) is 118 cm³/mol. The van der Waals surface area contributed by atoms with Gasteiger partial charge in [0.25, 0.3) is 0 Å². The number of aromatic hydroxyl groups is 1. The van der Waals surface area contributed by atoms with Crippen molar-refractivity contribution in [2.24, 2.45) is 0 Å². The summed E-state index contributed by atoms with van der Waals surface area (Å²) in [5, 5.41) is 12.4. The lowest BCUT2D eigenvalue weighted by Gasteiger charge is -2.14. The Balaban J connectivity index is 1.55. The Morgan fingerprint density at radius 1 is 0.806 bits per heavy atom. The minimum absolute atomic E-state index is 0.0689. The number of nitrogens with zero attached hydrogens (tertiary/aromatic N) is 3. The molecule has 2 heterocycles. The van der Waals surface area contributed by atoms with Crippen LogP contribution in [0.25, 0.3) is 11.3 Å². The highest BCUT2D eigenvalue weighted by molar-refractivity contribution is 5.71. The molecule has 0 amide bonds. The van der Waals surface area contributed by atoms with Gasteiger partial charge in [0.15, 0.2) is 0 Å². The molecule has 0 saturated carbocycles. The van der Waals surface area contributed by atoms with Crippen LogP contribution in [0.5, 0.6) is 17.2 Å². The molecule has 2 aromatic carbocycles. The van der Waals surface area contributed by atoms with E-state index in [9.17, 15) is 31.4 Å². The lowest BCUT2D eigenvalue weighted by molar-refractivity contribution is -0.141. The summed E-state index contributed by atoms with van der Waals surface area (Å²) < 4.78 is 84.3. The van der Waals surface area contributed by atoms with Gasteiger partial charge in [0.05, 0.1) is 11.3 Å². The van der Waals surface area contributed by atoms with Crippen LogP contribution in [0.4, 0.5) is 43.8 Å². The number of nitrogens with one attached hydrogen (secondary N) is 1. The van der Waals surface area contributed by atoms with Crippen molar-refractivity contribution in [3.8, 4) is 28.5 Å². The fraction of sp³-hybridized carbons (Fsp3) is 0.0870. The van der Waals surface area contributed by atoms with Gasteiger partial charge >= 0.3 is 12.4 Å². The zero-order valence-corrected chi connectivity index (χ0v) is 17.9. The van der Waals surface area contributed by atoms with Crippen LogP contribution in [0.3, 0.4) is 0 Å². The van der Waals surface area contributed by atoms with Gasteiger partial charge in [-0.1, -0.05) is 0 Å². The molecule has 13 heteroatoms. The zero-order valence-electron chi connectivity index (χ0n) is 17.9. The fourth-order valence-electron chi connectivity index (χ4n) is 3.18. The molecule has 0 radical (unpaired) electrons. The van der Waals surface area contributed by atoms with Crippen LogP contribution in [0.15, 0.2) is 66.9 Å². The highest BCUT2D eigenvalue weighted by Gasteiger charge is 2.35. The lowest BCUT2D eigenvalue weighted by Crippen LogP contribution is -2.09.